The van der Waals surface area contributed by atoms with Crippen molar-refractivity contribution in [2.75, 3.05) is 19.8 Å². The molecule has 1 fully saturated rings. The van der Waals surface area contributed by atoms with Gasteiger partial charge in [-0.15, -0.1) is 0 Å². The minimum Gasteiger partial charge on any atom is -0.463 e. The third kappa shape index (κ3) is 14.2. The first-order valence-corrected chi connectivity index (χ1v) is 13.1. The molecule has 9 nitrogen and oxygen atoms in total. The van der Waals surface area contributed by atoms with Gasteiger partial charge in [-0.3, -0.25) is 4.79 Å². The van der Waals surface area contributed by atoms with Crippen LogP contribution in [0.25, 0.3) is 0 Å². The maximum Gasteiger partial charge on any atom is 0.305 e. The molecule has 1 aliphatic rings. The first kappa shape index (κ1) is 32.4. The van der Waals surface area contributed by atoms with Crippen molar-refractivity contribution >= 4 is 5.97 Å². The van der Waals surface area contributed by atoms with Gasteiger partial charge in [-0.2, -0.15) is 0 Å². The van der Waals surface area contributed by atoms with Gasteiger partial charge in [-0.05, 0) is 38.5 Å². The van der Waals surface area contributed by atoms with Crippen LogP contribution in [0.3, 0.4) is 0 Å². The molecule has 0 bridgehead atoms. The number of hydrogen-bond acceptors (Lipinski definition) is 9. The Morgan fingerprint density at radius 1 is 0.861 bits per heavy atom. The number of carbonyl (C=O) groups is 1. The van der Waals surface area contributed by atoms with E-state index in [1.165, 1.54) is 0 Å². The van der Waals surface area contributed by atoms with Gasteiger partial charge in [0.05, 0.1) is 13.2 Å². The molecule has 1 heterocycles. The van der Waals surface area contributed by atoms with E-state index >= 15 is 0 Å². The Morgan fingerprint density at radius 3 is 2.19 bits per heavy atom. The fourth-order valence-corrected chi connectivity index (χ4v) is 3.61. The molecule has 1 aliphatic heterocycles. The SMILES string of the molecule is CC/C=C\C/C=C\C/C=C\CCCCCCCC(=O)OC[C@H](O)CO[C@H]1O[C@@H](CO)[C@H](O)[C@@H](O)[C@@H]1O. The molecule has 0 amide bonds. The largest absolute Gasteiger partial charge is 0.463 e. The third-order valence-corrected chi connectivity index (χ3v) is 5.77. The zero-order valence-electron chi connectivity index (χ0n) is 21.5. The molecule has 0 saturated carbocycles. The average molecular weight is 515 g/mol. The van der Waals surface area contributed by atoms with Gasteiger partial charge in [0, 0.05) is 6.42 Å². The van der Waals surface area contributed by atoms with Crippen molar-refractivity contribution in [3.05, 3.63) is 36.5 Å². The van der Waals surface area contributed by atoms with E-state index in [9.17, 15) is 25.2 Å². The summed E-state index contributed by atoms with van der Waals surface area (Å²) in [6.45, 7) is 0.964. The second kappa shape index (κ2) is 20.5. The lowest BCUT2D eigenvalue weighted by atomic mass is 9.99. The molecule has 6 atom stereocenters. The van der Waals surface area contributed by atoms with Crippen molar-refractivity contribution < 1.29 is 44.5 Å². The minimum atomic E-state index is -1.56. The van der Waals surface area contributed by atoms with Crippen molar-refractivity contribution in [3.8, 4) is 0 Å². The van der Waals surface area contributed by atoms with Crippen molar-refractivity contribution in [1.82, 2.24) is 0 Å². The quantitative estimate of drug-likeness (QED) is 0.0995. The van der Waals surface area contributed by atoms with Crippen LogP contribution in [0.5, 0.6) is 0 Å². The summed E-state index contributed by atoms with van der Waals surface area (Å²) in [6, 6.07) is 0. The Bertz CT molecular complexity index is 647. The fraction of sp³-hybridized carbons (Fsp3) is 0.741. The van der Waals surface area contributed by atoms with E-state index in [1.54, 1.807) is 0 Å². The highest BCUT2D eigenvalue weighted by Gasteiger charge is 2.44. The Balaban J connectivity index is 2.02. The number of rotatable bonds is 19. The van der Waals surface area contributed by atoms with Crippen molar-refractivity contribution in [2.24, 2.45) is 0 Å². The van der Waals surface area contributed by atoms with Crippen LogP contribution in [0.4, 0.5) is 0 Å². The summed E-state index contributed by atoms with van der Waals surface area (Å²) in [4.78, 5) is 11.9. The second-order valence-electron chi connectivity index (χ2n) is 8.97. The lowest BCUT2D eigenvalue weighted by Gasteiger charge is -2.39. The Hall–Kier alpha value is -1.59. The number of allylic oxidation sites excluding steroid dienone is 6. The molecule has 0 aliphatic carbocycles. The number of aliphatic hydroxyl groups excluding tert-OH is 5. The van der Waals surface area contributed by atoms with Crippen LogP contribution in [-0.2, 0) is 19.0 Å². The van der Waals surface area contributed by atoms with Crippen LogP contribution in [-0.4, -0.2) is 88.1 Å². The average Bonchev–Trinajstić information content (AvgIpc) is 2.88. The van der Waals surface area contributed by atoms with Crippen LogP contribution < -0.4 is 0 Å². The Morgan fingerprint density at radius 2 is 1.50 bits per heavy atom. The predicted octanol–water partition coefficient (Wildman–Crippen LogP) is 2.30. The fourth-order valence-electron chi connectivity index (χ4n) is 3.61. The van der Waals surface area contributed by atoms with E-state index in [4.69, 9.17) is 19.3 Å². The highest BCUT2D eigenvalue weighted by molar-refractivity contribution is 5.69. The summed E-state index contributed by atoms with van der Waals surface area (Å²) in [7, 11) is 0. The second-order valence-corrected chi connectivity index (χ2v) is 8.97. The third-order valence-electron chi connectivity index (χ3n) is 5.77. The molecule has 0 aromatic rings. The number of aliphatic hydroxyl groups is 5. The van der Waals surface area contributed by atoms with Gasteiger partial charge in [-0.1, -0.05) is 62.6 Å². The summed E-state index contributed by atoms with van der Waals surface area (Å²) in [5, 5.41) is 48.5. The minimum absolute atomic E-state index is 0.271. The summed E-state index contributed by atoms with van der Waals surface area (Å²) < 4.78 is 15.5. The van der Waals surface area contributed by atoms with Crippen LogP contribution in [0.15, 0.2) is 36.5 Å². The van der Waals surface area contributed by atoms with E-state index in [-0.39, 0.29) is 19.6 Å². The molecule has 36 heavy (non-hydrogen) atoms. The van der Waals surface area contributed by atoms with Crippen LogP contribution in [0, 0.1) is 0 Å². The number of ether oxygens (including phenoxy) is 3. The molecule has 1 saturated heterocycles. The van der Waals surface area contributed by atoms with E-state index in [1.807, 2.05) is 0 Å². The summed E-state index contributed by atoms with van der Waals surface area (Å²) in [5.41, 5.74) is 0. The Kier molecular flexibility index (Phi) is 18.4. The van der Waals surface area contributed by atoms with Crippen LogP contribution >= 0.6 is 0 Å². The number of esters is 1. The summed E-state index contributed by atoms with van der Waals surface area (Å²) >= 11 is 0. The maximum absolute atomic E-state index is 11.9. The van der Waals surface area contributed by atoms with Crippen molar-refractivity contribution in [2.45, 2.75) is 108 Å². The zero-order valence-corrected chi connectivity index (χ0v) is 21.5. The molecule has 5 N–H and O–H groups in total. The number of carbonyl (C=O) groups excluding carboxylic acids is 1. The molecule has 1 rings (SSSR count). The van der Waals surface area contributed by atoms with Gasteiger partial charge in [-0.25, -0.2) is 0 Å². The van der Waals surface area contributed by atoms with Crippen LogP contribution in [0.2, 0.25) is 0 Å². The molecular weight excluding hydrogens is 468 g/mol. The lowest BCUT2D eigenvalue weighted by molar-refractivity contribution is -0.305. The predicted molar refractivity (Wildman–Crippen MR) is 136 cm³/mol. The molecule has 0 radical (unpaired) electrons. The maximum atomic E-state index is 11.9. The molecule has 0 unspecified atom stereocenters. The van der Waals surface area contributed by atoms with Crippen LogP contribution in [0.1, 0.15) is 71.1 Å². The number of unbranched alkanes of at least 4 members (excludes halogenated alkanes) is 5. The van der Waals surface area contributed by atoms with Gasteiger partial charge >= 0.3 is 5.97 Å². The zero-order chi connectivity index (χ0) is 26.6. The van der Waals surface area contributed by atoms with Gasteiger partial charge in [0.1, 0.15) is 37.1 Å². The standard InChI is InChI=1S/C27H46O9/c1-2-3-4-5-6-7-8-9-10-11-12-13-14-15-16-17-23(30)34-19-21(29)20-35-27-26(33)25(32)24(31)22(18-28)36-27/h3-4,6-7,9-10,21-22,24-29,31-33H,2,5,8,11-20H2,1H3/b4-3-,7-6-,10-9-/t21-,22-,24-,25+,26-,27-/m0/s1. The van der Waals surface area contributed by atoms with Crippen molar-refractivity contribution in [3.63, 3.8) is 0 Å². The molecule has 9 heteroatoms. The summed E-state index contributed by atoms with van der Waals surface area (Å²) in [6.07, 6.45) is 14.3. The topological polar surface area (TPSA) is 146 Å². The Labute approximate surface area is 215 Å². The number of hydrogen-bond donors (Lipinski definition) is 5. The van der Waals surface area contributed by atoms with E-state index in [0.717, 1.165) is 57.8 Å². The molecule has 0 aromatic heterocycles. The van der Waals surface area contributed by atoms with E-state index < -0.39 is 49.4 Å². The van der Waals surface area contributed by atoms with E-state index in [2.05, 4.69) is 43.4 Å². The smallest absolute Gasteiger partial charge is 0.305 e. The first-order valence-electron chi connectivity index (χ1n) is 13.1. The highest BCUT2D eigenvalue weighted by atomic mass is 16.7. The van der Waals surface area contributed by atoms with Gasteiger partial charge < -0.3 is 39.7 Å². The normalized spacial score (nSPS) is 25.8. The monoisotopic (exact) mass is 514 g/mol. The highest BCUT2D eigenvalue weighted by Crippen LogP contribution is 2.22. The molecule has 208 valence electrons. The van der Waals surface area contributed by atoms with Gasteiger partial charge in [0.15, 0.2) is 6.29 Å². The summed E-state index contributed by atoms with van der Waals surface area (Å²) in [5.74, 6) is -0.400. The lowest BCUT2D eigenvalue weighted by Crippen LogP contribution is -2.59. The molecule has 0 spiro atoms. The van der Waals surface area contributed by atoms with Crippen molar-refractivity contribution in [1.29, 1.82) is 0 Å². The van der Waals surface area contributed by atoms with E-state index in [0.29, 0.717) is 0 Å². The first-order chi connectivity index (χ1) is 17.4. The molecule has 0 aromatic carbocycles. The van der Waals surface area contributed by atoms with Gasteiger partial charge in [0.25, 0.3) is 0 Å². The van der Waals surface area contributed by atoms with Gasteiger partial charge in [0.2, 0.25) is 0 Å². The molecular formula is C27H46O9.